The van der Waals surface area contributed by atoms with Crippen LogP contribution in [-0.2, 0) is 9.53 Å². The zero-order valence-corrected chi connectivity index (χ0v) is 13.7. The van der Waals surface area contributed by atoms with Gasteiger partial charge in [-0.25, -0.2) is 4.79 Å². The van der Waals surface area contributed by atoms with Gasteiger partial charge >= 0.3 is 5.97 Å². The van der Waals surface area contributed by atoms with E-state index in [2.05, 4.69) is 5.32 Å². The van der Waals surface area contributed by atoms with Crippen LogP contribution in [0.3, 0.4) is 0 Å². The summed E-state index contributed by atoms with van der Waals surface area (Å²) in [6.45, 7) is 3.37. The molecule has 0 spiro atoms. The lowest BCUT2D eigenvalue weighted by atomic mass is 10.1. The maximum atomic E-state index is 12.4. The van der Waals surface area contributed by atoms with Crippen molar-refractivity contribution in [2.45, 2.75) is 26.0 Å². The number of carbonyl (C=O) groups excluding carboxylic acids is 3. The average Bonchev–Trinajstić information content (AvgIpc) is 3.14. The highest BCUT2D eigenvalue weighted by Crippen LogP contribution is 2.14. The Morgan fingerprint density at radius 3 is 2.14 bits per heavy atom. The molecule has 1 atom stereocenters. The standard InChI is InChI=1S/C15H15NO4S2/c1-9(2)20-15(19)12(13(17)10-5-3-7-21-10)16-14(18)11-6-4-8-22-11/h3-9,12H,1-2H3,(H,16,18). The van der Waals surface area contributed by atoms with Gasteiger partial charge in [-0.15, -0.1) is 22.7 Å². The van der Waals surface area contributed by atoms with E-state index in [0.29, 0.717) is 9.75 Å². The molecule has 0 radical (unpaired) electrons. The van der Waals surface area contributed by atoms with E-state index in [1.807, 2.05) is 0 Å². The SMILES string of the molecule is CC(C)OC(=O)C(NC(=O)c1cccs1)C(=O)c1cccs1. The first kappa shape index (κ1) is 16.4. The fraction of sp³-hybridized carbons (Fsp3) is 0.267. The van der Waals surface area contributed by atoms with E-state index < -0.39 is 23.7 Å². The lowest BCUT2D eigenvalue weighted by Crippen LogP contribution is -2.47. The largest absolute Gasteiger partial charge is 0.461 e. The Kier molecular flexibility index (Phi) is 5.46. The molecule has 0 saturated heterocycles. The van der Waals surface area contributed by atoms with Gasteiger partial charge in [0.05, 0.1) is 15.9 Å². The van der Waals surface area contributed by atoms with Crippen LogP contribution in [0.2, 0.25) is 0 Å². The Balaban J connectivity index is 2.19. The molecule has 0 aliphatic rings. The van der Waals surface area contributed by atoms with Gasteiger partial charge in [-0.05, 0) is 36.7 Å². The summed E-state index contributed by atoms with van der Waals surface area (Å²) in [6, 6.07) is 5.34. The molecule has 0 fully saturated rings. The molecule has 2 aromatic rings. The van der Waals surface area contributed by atoms with E-state index in [4.69, 9.17) is 4.74 Å². The van der Waals surface area contributed by atoms with Gasteiger partial charge in [0.2, 0.25) is 5.78 Å². The number of hydrogen-bond donors (Lipinski definition) is 1. The lowest BCUT2D eigenvalue weighted by Gasteiger charge is -2.17. The van der Waals surface area contributed by atoms with Gasteiger partial charge in [0.25, 0.3) is 5.91 Å². The van der Waals surface area contributed by atoms with Crippen LogP contribution in [0.25, 0.3) is 0 Å². The van der Waals surface area contributed by atoms with E-state index in [0.717, 1.165) is 0 Å². The molecule has 0 aliphatic heterocycles. The monoisotopic (exact) mass is 337 g/mol. The number of thiophene rings is 2. The molecular formula is C15H15NO4S2. The van der Waals surface area contributed by atoms with E-state index in [1.54, 1.807) is 48.9 Å². The molecule has 2 aromatic heterocycles. The van der Waals surface area contributed by atoms with Crippen LogP contribution in [-0.4, -0.2) is 29.8 Å². The van der Waals surface area contributed by atoms with Crippen molar-refractivity contribution in [1.29, 1.82) is 0 Å². The molecule has 2 rings (SSSR count). The van der Waals surface area contributed by atoms with Crippen molar-refractivity contribution in [2.75, 3.05) is 0 Å². The van der Waals surface area contributed by atoms with Crippen molar-refractivity contribution in [1.82, 2.24) is 5.32 Å². The van der Waals surface area contributed by atoms with Gasteiger partial charge in [-0.3, -0.25) is 9.59 Å². The van der Waals surface area contributed by atoms with Crippen LogP contribution < -0.4 is 5.32 Å². The molecule has 7 heteroatoms. The van der Waals surface area contributed by atoms with Gasteiger partial charge in [-0.2, -0.15) is 0 Å². The number of ketones is 1. The molecule has 1 amide bonds. The minimum Gasteiger partial charge on any atom is -0.461 e. The van der Waals surface area contributed by atoms with Gasteiger partial charge in [0.15, 0.2) is 6.04 Å². The molecule has 22 heavy (non-hydrogen) atoms. The minimum atomic E-state index is -1.34. The number of amides is 1. The van der Waals surface area contributed by atoms with Crippen LogP contribution in [0.4, 0.5) is 0 Å². The second-order valence-electron chi connectivity index (χ2n) is 4.71. The summed E-state index contributed by atoms with van der Waals surface area (Å²) in [7, 11) is 0. The van der Waals surface area contributed by atoms with Crippen LogP contribution in [0.15, 0.2) is 35.0 Å². The Labute approximate surface area is 135 Å². The maximum absolute atomic E-state index is 12.4. The highest BCUT2D eigenvalue weighted by atomic mass is 32.1. The normalized spacial score (nSPS) is 12.0. The second kappa shape index (κ2) is 7.33. The molecule has 116 valence electrons. The first-order valence-corrected chi connectivity index (χ1v) is 8.37. The maximum Gasteiger partial charge on any atom is 0.337 e. The van der Waals surface area contributed by atoms with Gasteiger partial charge in [-0.1, -0.05) is 12.1 Å². The van der Waals surface area contributed by atoms with Crippen molar-refractivity contribution in [3.05, 3.63) is 44.8 Å². The first-order chi connectivity index (χ1) is 10.5. The van der Waals surface area contributed by atoms with Crippen LogP contribution in [0.1, 0.15) is 33.2 Å². The van der Waals surface area contributed by atoms with Crippen molar-refractivity contribution >= 4 is 40.3 Å². The topological polar surface area (TPSA) is 72.5 Å². The van der Waals surface area contributed by atoms with E-state index >= 15 is 0 Å². The predicted molar refractivity (Wildman–Crippen MR) is 85.5 cm³/mol. The van der Waals surface area contributed by atoms with Crippen LogP contribution >= 0.6 is 22.7 Å². The summed E-state index contributed by atoms with van der Waals surface area (Å²) in [6.07, 6.45) is -0.371. The molecule has 5 nitrogen and oxygen atoms in total. The molecule has 0 aliphatic carbocycles. The number of ether oxygens (including phenoxy) is 1. The number of esters is 1. The van der Waals surface area contributed by atoms with Crippen molar-refractivity contribution in [3.63, 3.8) is 0 Å². The molecule has 1 unspecified atom stereocenters. The average molecular weight is 337 g/mol. The van der Waals surface area contributed by atoms with Crippen LogP contribution in [0, 0.1) is 0 Å². The highest BCUT2D eigenvalue weighted by Gasteiger charge is 2.32. The van der Waals surface area contributed by atoms with Crippen molar-refractivity contribution < 1.29 is 19.1 Å². The molecular weight excluding hydrogens is 322 g/mol. The predicted octanol–water partition coefficient (Wildman–Crippen LogP) is 2.74. The number of carbonyl (C=O) groups is 3. The zero-order chi connectivity index (χ0) is 16.1. The summed E-state index contributed by atoms with van der Waals surface area (Å²) in [5, 5.41) is 5.95. The summed E-state index contributed by atoms with van der Waals surface area (Å²) in [4.78, 5) is 37.5. The number of nitrogens with one attached hydrogen (secondary N) is 1. The molecule has 0 saturated carbocycles. The van der Waals surface area contributed by atoms with Gasteiger partial charge < -0.3 is 10.1 Å². The summed E-state index contributed by atoms with van der Waals surface area (Å²) >= 11 is 2.45. The quantitative estimate of drug-likeness (QED) is 0.500. The van der Waals surface area contributed by atoms with Crippen LogP contribution in [0.5, 0.6) is 0 Å². The third-order valence-electron chi connectivity index (χ3n) is 2.63. The summed E-state index contributed by atoms with van der Waals surface area (Å²) in [5.74, 6) is -1.69. The Morgan fingerprint density at radius 2 is 1.64 bits per heavy atom. The number of rotatable bonds is 6. The first-order valence-electron chi connectivity index (χ1n) is 6.61. The molecule has 0 bridgehead atoms. The van der Waals surface area contributed by atoms with Crippen molar-refractivity contribution in [2.24, 2.45) is 0 Å². The Bertz CT molecular complexity index is 647. The van der Waals surface area contributed by atoms with E-state index in [1.165, 1.54) is 22.7 Å². The zero-order valence-electron chi connectivity index (χ0n) is 12.1. The summed E-state index contributed by atoms with van der Waals surface area (Å²) in [5.41, 5.74) is 0. The lowest BCUT2D eigenvalue weighted by molar-refractivity contribution is -0.148. The smallest absolute Gasteiger partial charge is 0.337 e. The molecule has 0 aromatic carbocycles. The third kappa shape index (κ3) is 4.02. The number of Topliss-reactive ketones (excluding diaryl/α,β-unsaturated/α-hetero) is 1. The minimum absolute atomic E-state index is 0.371. The highest BCUT2D eigenvalue weighted by molar-refractivity contribution is 7.12. The number of hydrogen-bond acceptors (Lipinski definition) is 6. The van der Waals surface area contributed by atoms with Crippen molar-refractivity contribution in [3.8, 4) is 0 Å². The fourth-order valence-corrected chi connectivity index (χ4v) is 3.02. The third-order valence-corrected chi connectivity index (χ3v) is 4.39. The van der Waals surface area contributed by atoms with Gasteiger partial charge in [0.1, 0.15) is 0 Å². The van der Waals surface area contributed by atoms with E-state index in [9.17, 15) is 14.4 Å². The second-order valence-corrected chi connectivity index (χ2v) is 6.61. The fourth-order valence-electron chi connectivity index (χ4n) is 1.70. The Morgan fingerprint density at radius 1 is 1.05 bits per heavy atom. The Hall–Kier alpha value is -1.99. The summed E-state index contributed by atoms with van der Waals surface area (Å²) < 4.78 is 5.08. The molecule has 2 heterocycles. The molecule has 1 N–H and O–H groups in total. The van der Waals surface area contributed by atoms with E-state index in [-0.39, 0.29) is 6.10 Å². The van der Waals surface area contributed by atoms with Gasteiger partial charge in [0, 0.05) is 0 Å².